The number of benzene rings is 1. The van der Waals surface area contributed by atoms with Gasteiger partial charge in [-0.15, -0.1) is 0 Å². The normalized spacial score (nSPS) is 21.4. The van der Waals surface area contributed by atoms with Gasteiger partial charge in [0.25, 0.3) is 0 Å². The van der Waals surface area contributed by atoms with Gasteiger partial charge in [-0.1, -0.05) is 12.1 Å². The topological polar surface area (TPSA) is 50.4 Å². The molecule has 0 bridgehead atoms. The van der Waals surface area contributed by atoms with Gasteiger partial charge in [-0.2, -0.15) is 0 Å². The fourth-order valence-corrected chi connectivity index (χ4v) is 2.35. The minimum atomic E-state index is -0.490. The Labute approximate surface area is 125 Å². The Kier molecular flexibility index (Phi) is 4.40. The summed E-state index contributed by atoms with van der Waals surface area (Å²) < 4.78 is 18.9. The minimum Gasteiger partial charge on any atom is -0.444 e. The molecule has 1 saturated carbocycles. The Morgan fingerprint density at radius 1 is 1.29 bits per heavy atom. The number of hydrogen-bond donors (Lipinski definition) is 2. The summed E-state index contributed by atoms with van der Waals surface area (Å²) in [7, 11) is 0. The fourth-order valence-electron chi connectivity index (χ4n) is 2.35. The predicted molar refractivity (Wildman–Crippen MR) is 80.9 cm³/mol. The third-order valence-electron chi connectivity index (χ3n) is 3.43. The summed E-state index contributed by atoms with van der Waals surface area (Å²) in [4.78, 5) is 11.6. The number of aryl methyl sites for hydroxylation is 1. The minimum absolute atomic E-state index is 0.0874. The van der Waals surface area contributed by atoms with Crippen LogP contribution in [0.4, 0.5) is 14.9 Å². The maximum absolute atomic E-state index is 13.7. The Balaban J connectivity index is 1.78. The van der Waals surface area contributed by atoms with Gasteiger partial charge in [-0.25, -0.2) is 9.18 Å². The Morgan fingerprint density at radius 3 is 2.52 bits per heavy atom. The van der Waals surface area contributed by atoms with E-state index in [-0.39, 0.29) is 17.9 Å². The maximum Gasteiger partial charge on any atom is 0.407 e. The van der Waals surface area contributed by atoms with E-state index >= 15 is 0 Å². The molecule has 1 aliphatic carbocycles. The number of carbonyl (C=O) groups is 1. The van der Waals surface area contributed by atoms with Crippen molar-refractivity contribution < 1.29 is 13.9 Å². The molecule has 0 aliphatic heterocycles. The first-order chi connectivity index (χ1) is 9.74. The number of ether oxygens (including phenoxy) is 1. The summed E-state index contributed by atoms with van der Waals surface area (Å²) in [6.45, 7) is 7.37. The van der Waals surface area contributed by atoms with Gasteiger partial charge in [0.1, 0.15) is 11.4 Å². The fraction of sp³-hybridized carbons (Fsp3) is 0.562. The van der Waals surface area contributed by atoms with Crippen molar-refractivity contribution in [3.8, 4) is 0 Å². The second-order valence-corrected chi connectivity index (χ2v) is 6.59. The van der Waals surface area contributed by atoms with Gasteiger partial charge in [-0.3, -0.25) is 0 Å². The lowest BCUT2D eigenvalue weighted by Crippen LogP contribution is -2.50. The molecule has 4 nitrogen and oxygen atoms in total. The van der Waals surface area contributed by atoms with E-state index in [4.69, 9.17) is 4.74 Å². The van der Waals surface area contributed by atoms with Gasteiger partial charge in [0.2, 0.25) is 0 Å². The van der Waals surface area contributed by atoms with Crippen molar-refractivity contribution in [2.45, 2.75) is 58.2 Å². The van der Waals surface area contributed by atoms with Crippen molar-refractivity contribution in [3.05, 3.63) is 29.6 Å². The molecule has 0 saturated heterocycles. The molecule has 0 radical (unpaired) electrons. The quantitative estimate of drug-likeness (QED) is 0.895. The van der Waals surface area contributed by atoms with Gasteiger partial charge < -0.3 is 15.4 Å². The summed E-state index contributed by atoms with van der Waals surface area (Å²) in [6.07, 6.45) is 1.15. The number of para-hydroxylation sites is 1. The summed E-state index contributed by atoms with van der Waals surface area (Å²) in [6, 6.07) is 5.29. The third-order valence-corrected chi connectivity index (χ3v) is 3.43. The first kappa shape index (κ1) is 15.6. The monoisotopic (exact) mass is 294 g/mol. The Bertz CT molecular complexity index is 499. The van der Waals surface area contributed by atoms with Crippen molar-refractivity contribution >= 4 is 11.8 Å². The first-order valence-corrected chi connectivity index (χ1v) is 7.26. The average Bonchev–Trinajstić information content (AvgIpc) is 2.27. The van der Waals surface area contributed by atoms with Gasteiger partial charge >= 0.3 is 6.09 Å². The van der Waals surface area contributed by atoms with Crippen molar-refractivity contribution in [1.82, 2.24) is 5.32 Å². The number of nitrogens with one attached hydrogen (secondary N) is 2. The van der Waals surface area contributed by atoms with Crippen LogP contribution in [-0.4, -0.2) is 23.8 Å². The lowest BCUT2D eigenvalue weighted by Gasteiger charge is -2.37. The lowest BCUT2D eigenvalue weighted by molar-refractivity contribution is 0.0475. The van der Waals surface area contributed by atoms with Crippen LogP contribution in [0.5, 0.6) is 0 Å². The van der Waals surface area contributed by atoms with E-state index in [2.05, 4.69) is 10.6 Å². The number of alkyl carbamates (subject to hydrolysis) is 1. The Hall–Kier alpha value is -1.78. The van der Waals surface area contributed by atoms with E-state index in [1.165, 1.54) is 6.07 Å². The maximum atomic E-state index is 13.7. The van der Waals surface area contributed by atoms with Crippen LogP contribution >= 0.6 is 0 Å². The van der Waals surface area contributed by atoms with Crippen LogP contribution in [0, 0.1) is 12.7 Å². The zero-order valence-corrected chi connectivity index (χ0v) is 13.0. The highest BCUT2D eigenvalue weighted by Crippen LogP contribution is 2.27. The van der Waals surface area contributed by atoms with Crippen LogP contribution in [0.1, 0.15) is 39.2 Å². The SMILES string of the molecule is Cc1cccc(F)c1NC1CC(NC(=O)OC(C)(C)C)C1. The summed E-state index contributed by atoms with van der Waals surface area (Å²) >= 11 is 0. The molecule has 1 aromatic rings. The van der Waals surface area contributed by atoms with Crippen molar-refractivity contribution in [2.75, 3.05) is 5.32 Å². The molecule has 0 atom stereocenters. The number of anilines is 1. The molecule has 0 unspecified atom stereocenters. The van der Waals surface area contributed by atoms with Crippen LogP contribution < -0.4 is 10.6 Å². The van der Waals surface area contributed by atoms with Gasteiger partial charge in [0.15, 0.2) is 0 Å². The van der Waals surface area contributed by atoms with Gasteiger partial charge in [-0.05, 0) is 52.2 Å². The highest BCUT2D eigenvalue weighted by molar-refractivity contribution is 5.68. The van der Waals surface area contributed by atoms with E-state index in [0.29, 0.717) is 5.69 Å². The van der Waals surface area contributed by atoms with Gasteiger partial charge in [0.05, 0.1) is 5.69 Å². The molecule has 1 aliphatic rings. The largest absolute Gasteiger partial charge is 0.444 e. The van der Waals surface area contributed by atoms with E-state index < -0.39 is 11.7 Å². The zero-order chi connectivity index (χ0) is 15.6. The van der Waals surface area contributed by atoms with Crippen LogP contribution in [0.3, 0.4) is 0 Å². The zero-order valence-electron chi connectivity index (χ0n) is 13.0. The molecule has 2 rings (SSSR count). The van der Waals surface area contributed by atoms with Crippen LogP contribution in [0.15, 0.2) is 18.2 Å². The summed E-state index contributed by atoms with van der Waals surface area (Å²) in [5.41, 5.74) is 0.951. The van der Waals surface area contributed by atoms with Crippen LogP contribution in [-0.2, 0) is 4.74 Å². The standard InChI is InChI=1S/C16H23FN2O2/c1-10-6-5-7-13(17)14(10)18-11-8-12(9-11)19-15(20)21-16(2,3)4/h5-7,11-12,18H,8-9H2,1-4H3,(H,19,20). The molecule has 21 heavy (non-hydrogen) atoms. The summed E-state index contributed by atoms with van der Waals surface area (Å²) in [5.74, 6) is -0.237. The van der Waals surface area contributed by atoms with E-state index in [1.54, 1.807) is 6.07 Å². The first-order valence-electron chi connectivity index (χ1n) is 7.26. The molecule has 2 N–H and O–H groups in total. The number of halogens is 1. The number of carbonyl (C=O) groups excluding carboxylic acids is 1. The molecule has 0 aromatic heterocycles. The number of hydrogen-bond acceptors (Lipinski definition) is 3. The molecular formula is C16H23FN2O2. The van der Waals surface area contributed by atoms with E-state index in [9.17, 15) is 9.18 Å². The highest BCUT2D eigenvalue weighted by Gasteiger charge is 2.32. The molecule has 1 amide bonds. The molecule has 1 fully saturated rings. The lowest BCUT2D eigenvalue weighted by atomic mass is 9.86. The number of rotatable bonds is 3. The molecule has 116 valence electrons. The highest BCUT2D eigenvalue weighted by atomic mass is 19.1. The Morgan fingerprint density at radius 2 is 1.95 bits per heavy atom. The number of amides is 1. The average molecular weight is 294 g/mol. The molecule has 5 heteroatoms. The van der Waals surface area contributed by atoms with Gasteiger partial charge in [0, 0.05) is 12.1 Å². The molecule has 1 aromatic carbocycles. The second-order valence-electron chi connectivity index (χ2n) is 6.59. The molecular weight excluding hydrogens is 271 g/mol. The van der Waals surface area contributed by atoms with Crippen LogP contribution in [0.25, 0.3) is 0 Å². The summed E-state index contributed by atoms with van der Waals surface area (Å²) in [5, 5.41) is 6.02. The molecule has 0 spiro atoms. The van der Waals surface area contributed by atoms with E-state index in [1.807, 2.05) is 33.8 Å². The third kappa shape index (κ3) is 4.34. The van der Waals surface area contributed by atoms with Crippen molar-refractivity contribution in [3.63, 3.8) is 0 Å². The smallest absolute Gasteiger partial charge is 0.407 e. The predicted octanol–water partition coefficient (Wildman–Crippen LogP) is 3.60. The second kappa shape index (κ2) is 5.92. The van der Waals surface area contributed by atoms with Crippen molar-refractivity contribution in [2.24, 2.45) is 0 Å². The van der Waals surface area contributed by atoms with E-state index in [0.717, 1.165) is 18.4 Å². The van der Waals surface area contributed by atoms with Crippen molar-refractivity contribution in [1.29, 1.82) is 0 Å². The molecule has 0 heterocycles. The van der Waals surface area contributed by atoms with Crippen LogP contribution in [0.2, 0.25) is 0 Å².